The highest BCUT2D eigenvalue weighted by atomic mass is 19.1. The Bertz CT molecular complexity index is 451. The molecule has 1 amide bonds. The summed E-state index contributed by atoms with van der Waals surface area (Å²) in [6.45, 7) is 6.26. The normalized spacial score (nSPS) is 13.8. The van der Waals surface area contributed by atoms with Crippen LogP contribution in [0.25, 0.3) is 0 Å². The molecule has 112 valence electrons. The minimum absolute atomic E-state index is 0.0116. The highest BCUT2D eigenvalue weighted by Gasteiger charge is 2.12. The quantitative estimate of drug-likeness (QED) is 0.720. The molecule has 2 unspecified atom stereocenters. The smallest absolute Gasteiger partial charge is 0.221 e. The van der Waals surface area contributed by atoms with Crippen molar-refractivity contribution in [2.75, 3.05) is 6.54 Å². The molecule has 5 heteroatoms. The lowest BCUT2D eigenvalue weighted by atomic mass is 10.1. The molecule has 1 aromatic carbocycles. The van der Waals surface area contributed by atoms with E-state index in [2.05, 4.69) is 10.6 Å². The third kappa shape index (κ3) is 5.17. The van der Waals surface area contributed by atoms with Crippen LogP contribution in [-0.4, -0.2) is 23.6 Å². The lowest BCUT2D eigenvalue weighted by Gasteiger charge is -2.16. The summed E-state index contributed by atoms with van der Waals surface area (Å²) in [5.74, 6) is -0.348. The maximum absolute atomic E-state index is 13.1. The van der Waals surface area contributed by atoms with Gasteiger partial charge in [0.1, 0.15) is 11.6 Å². The van der Waals surface area contributed by atoms with E-state index < -0.39 is 0 Å². The van der Waals surface area contributed by atoms with Crippen molar-refractivity contribution in [2.45, 2.75) is 45.7 Å². The highest BCUT2D eigenvalue weighted by Crippen LogP contribution is 2.24. The lowest BCUT2D eigenvalue weighted by molar-refractivity contribution is -0.121. The number of aromatic hydroxyl groups is 1. The van der Waals surface area contributed by atoms with Crippen LogP contribution in [-0.2, 0) is 4.79 Å². The van der Waals surface area contributed by atoms with E-state index in [4.69, 9.17) is 0 Å². The fourth-order valence-electron chi connectivity index (χ4n) is 1.83. The first kappa shape index (κ1) is 16.4. The number of phenolic OH excluding ortho intramolecular Hbond substituents is 1. The van der Waals surface area contributed by atoms with Gasteiger partial charge in [-0.2, -0.15) is 0 Å². The number of phenols is 1. The first-order valence-electron chi connectivity index (χ1n) is 6.95. The Morgan fingerprint density at radius 3 is 2.75 bits per heavy atom. The molecule has 3 N–H and O–H groups in total. The van der Waals surface area contributed by atoms with Crippen molar-refractivity contribution >= 4 is 5.91 Å². The van der Waals surface area contributed by atoms with Crippen LogP contribution in [0.3, 0.4) is 0 Å². The number of hydrogen-bond donors (Lipinski definition) is 3. The SMILES string of the molecule is CCC(C)NC(=O)CCNC(C)c1cc(F)ccc1O. The Labute approximate surface area is 119 Å². The first-order chi connectivity index (χ1) is 9.43. The number of carbonyl (C=O) groups is 1. The van der Waals surface area contributed by atoms with Gasteiger partial charge in [-0.05, 0) is 38.5 Å². The number of carbonyl (C=O) groups excluding carboxylic acids is 1. The van der Waals surface area contributed by atoms with Gasteiger partial charge in [0.2, 0.25) is 5.91 Å². The molecule has 20 heavy (non-hydrogen) atoms. The molecule has 0 aromatic heterocycles. The number of rotatable bonds is 7. The van der Waals surface area contributed by atoms with Crippen LogP contribution in [0.5, 0.6) is 5.75 Å². The molecule has 0 radical (unpaired) electrons. The molecule has 0 bridgehead atoms. The zero-order chi connectivity index (χ0) is 15.1. The molecule has 0 aliphatic heterocycles. The molecule has 1 aromatic rings. The predicted molar refractivity (Wildman–Crippen MR) is 77.0 cm³/mol. The number of halogens is 1. The second-order valence-corrected chi connectivity index (χ2v) is 5.01. The van der Waals surface area contributed by atoms with E-state index in [1.807, 2.05) is 20.8 Å². The Morgan fingerprint density at radius 2 is 2.10 bits per heavy atom. The highest BCUT2D eigenvalue weighted by molar-refractivity contribution is 5.76. The average Bonchev–Trinajstić information content (AvgIpc) is 2.41. The molecule has 0 heterocycles. The Hall–Kier alpha value is -1.62. The van der Waals surface area contributed by atoms with E-state index in [0.29, 0.717) is 18.5 Å². The van der Waals surface area contributed by atoms with Crippen molar-refractivity contribution in [2.24, 2.45) is 0 Å². The van der Waals surface area contributed by atoms with Crippen LogP contribution < -0.4 is 10.6 Å². The van der Waals surface area contributed by atoms with Gasteiger partial charge in [-0.3, -0.25) is 4.79 Å². The van der Waals surface area contributed by atoms with Gasteiger partial charge >= 0.3 is 0 Å². The average molecular weight is 282 g/mol. The van der Waals surface area contributed by atoms with Crippen molar-refractivity contribution in [3.8, 4) is 5.75 Å². The van der Waals surface area contributed by atoms with Crippen molar-refractivity contribution in [1.29, 1.82) is 0 Å². The second-order valence-electron chi connectivity index (χ2n) is 5.01. The van der Waals surface area contributed by atoms with Gasteiger partial charge in [0.05, 0.1) is 0 Å². The van der Waals surface area contributed by atoms with Crippen LogP contribution in [0.2, 0.25) is 0 Å². The maximum atomic E-state index is 13.1. The third-order valence-electron chi connectivity index (χ3n) is 3.28. The first-order valence-corrected chi connectivity index (χ1v) is 6.95. The van der Waals surface area contributed by atoms with Crippen molar-refractivity contribution in [1.82, 2.24) is 10.6 Å². The van der Waals surface area contributed by atoms with Crippen LogP contribution in [0.1, 0.15) is 45.2 Å². The largest absolute Gasteiger partial charge is 0.508 e. The fourth-order valence-corrected chi connectivity index (χ4v) is 1.83. The lowest BCUT2D eigenvalue weighted by Crippen LogP contribution is -2.34. The van der Waals surface area contributed by atoms with E-state index in [-0.39, 0.29) is 29.6 Å². The van der Waals surface area contributed by atoms with Crippen LogP contribution >= 0.6 is 0 Å². The summed E-state index contributed by atoms with van der Waals surface area (Å²) in [6.07, 6.45) is 1.25. The molecule has 2 atom stereocenters. The molecular weight excluding hydrogens is 259 g/mol. The van der Waals surface area contributed by atoms with Gasteiger partial charge in [-0.1, -0.05) is 6.92 Å². The van der Waals surface area contributed by atoms with Gasteiger partial charge < -0.3 is 15.7 Å². The van der Waals surface area contributed by atoms with Crippen molar-refractivity contribution in [3.63, 3.8) is 0 Å². The number of benzene rings is 1. The Balaban J connectivity index is 2.42. The van der Waals surface area contributed by atoms with Gasteiger partial charge in [0, 0.05) is 30.6 Å². The summed E-state index contributed by atoms with van der Waals surface area (Å²) in [4.78, 5) is 11.6. The van der Waals surface area contributed by atoms with Crippen LogP contribution in [0.15, 0.2) is 18.2 Å². The number of amides is 1. The molecule has 0 aliphatic rings. The van der Waals surface area contributed by atoms with Gasteiger partial charge in [0.15, 0.2) is 0 Å². The number of nitrogens with one attached hydrogen (secondary N) is 2. The predicted octanol–water partition coefficient (Wildman–Crippen LogP) is 2.49. The molecule has 0 spiro atoms. The van der Waals surface area contributed by atoms with E-state index >= 15 is 0 Å². The topological polar surface area (TPSA) is 61.4 Å². The summed E-state index contributed by atoms with van der Waals surface area (Å²) < 4.78 is 13.1. The second kappa shape index (κ2) is 7.85. The summed E-state index contributed by atoms with van der Waals surface area (Å²) in [5, 5.41) is 15.7. The van der Waals surface area contributed by atoms with Gasteiger partial charge in [0.25, 0.3) is 0 Å². The standard InChI is InChI=1S/C15H23FN2O2/c1-4-10(2)18-15(20)7-8-17-11(3)13-9-12(16)5-6-14(13)19/h5-6,9-11,17,19H,4,7-8H2,1-3H3,(H,18,20). The van der Waals surface area contributed by atoms with Crippen LogP contribution in [0, 0.1) is 5.82 Å². The summed E-state index contributed by atoms with van der Waals surface area (Å²) in [5.41, 5.74) is 0.493. The molecule has 1 rings (SSSR count). The monoisotopic (exact) mass is 282 g/mol. The molecule has 4 nitrogen and oxygen atoms in total. The molecular formula is C15H23FN2O2. The van der Waals surface area contributed by atoms with E-state index in [1.54, 1.807) is 0 Å². The van der Waals surface area contributed by atoms with Crippen LogP contribution in [0.4, 0.5) is 4.39 Å². The summed E-state index contributed by atoms with van der Waals surface area (Å²) in [6, 6.07) is 3.80. The van der Waals surface area contributed by atoms with Crippen molar-refractivity contribution < 1.29 is 14.3 Å². The number of hydrogen-bond acceptors (Lipinski definition) is 3. The summed E-state index contributed by atoms with van der Waals surface area (Å²) >= 11 is 0. The molecule has 0 saturated heterocycles. The third-order valence-corrected chi connectivity index (χ3v) is 3.28. The fraction of sp³-hybridized carbons (Fsp3) is 0.533. The summed E-state index contributed by atoms with van der Waals surface area (Å²) in [7, 11) is 0. The van der Waals surface area contributed by atoms with E-state index in [1.165, 1.54) is 18.2 Å². The van der Waals surface area contributed by atoms with Crippen molar-refractivity contribution in [3.05, 3.63) is 29.6 Å². The zero-order valence-electron chi connectivity index (χ0n) is 12.2. The molecule has 0 fully saturated rings. The van der Waals surface area contributed by atoms with E-state index in [9.17, 15) is 14.3 Å². The maximum Gasteiger partial charge on any atom is 0.221 e. The molecule has 0 saturated carbocycles. The molecule has 0 aliphatic carbocycles. The Morgan fingerprint density at radius 1 is 1.40 bits per heavy atom. The minimum atomic E-state index is -0.388. The minimum Gasteiger partial charge on any atom is -0.508 e. The van der Waals surface area contributed by atoms with Gasteiger partial charge in [-0.25, -0.2) is 4.39 Å². The Kier molecular flexibility index (Phi) is 6.45. The zero-order valence-corrected chi connectivity index (χ0v) is 12.2. The van der Waals surface area contributed by atoms with E-state index in [0.717, 1.165) is 6.42 Å². The van der Waals surface area contributed by atoms with Gasteiger partial charge in [-0.15, -0.1) is 0 Å².